The van der Waals surface area contributed by atoms with Crippen LogP contribution < -0.4 is 0 Å². The Morgan fingerprint density at radius 3 is 2.17 bits per heavy atom. The van der Waals surface area contributed by atoms with E-state index in [9.17, 15) is 13.6 Å². The van der Waals surface area contributed by atoms with E-state index in [0.717, 1.165) is 6.07 Å². The van der Waals surface area contributed by atoms with Crippen LogP contribution in [-0.2, 0) is 11.3 Å². The fourth-order valence-corrected chi connectivity index (χ4v) is 1.38. The number of rotatable bonds is 2. The van der Waals surface area contributed by atoms with Gasteiger partial charge in [0.1, 0.15) is 17.2 Å². The van der Waals surface area contributed by atoms with Gasteiger partial charge in [0.2, 0.25) is 0 Å². The lowest BCUT2D eigenvalue weighted by Crippen LogP contribution is -2.33. The van der Waals surface area contributed by atoms with E-state index in [2.05, 4.69) is 0 Å². The molecule has 5 heteroatoms. The van der Waals surface area contributed by atoms with Crippen molar-refractivity contribution in [1.29, 1.82) is 0 Å². The van der Waals surface area contributed by atoms with Gasteiger partial charge in [-0.15, -0.1) is 0 Å². The lowest BCUT2D eigenvalue weighted by atomic mass is 10.2. The number of hydrogen-bond acceptors (Lipinski definition) is 2. The van der Waals surface area contributed by atoms with E-state index in [-0.39, 0.29) is 6.54 Å². The summed E-state index contributed by atoms with van der Waals surface area (Å²) < 4.78 is 31.1. The molecule has 0 saturated heterocycles. The van der Waals surface area contributed by atoms with E-state index in [1.54, 1.807) is 20.8 Å². The average molecular weight is 257 g/mol. The van der Waals surface area contributed by atoms with Crippen LogP contribution in [0.15, 0.2) is 18.2 Å². The molecule has 0 N–H and O–H groups in total. The van der Waals surface area contributed by atoms with Gasteiger partial charge in [-0.2, -0.15) is 0 Å². The Labute approximate surface area is 105 Å². The molecule has 1 aromatic rings. The molecule has 1 amide bonds. The zero-order chi connectivity index (χ0) is 13.9. The molecule has 0 aromatic heterocycles. The van der Waals surface area contributed by atoms with Crippen LogP contribution in [0.1, 0.15) is 26.3 Å². The molecule has 0 saturated carbocycles. The fourth-order valence-electron chi connectivity index (χ4n) is 1.38. The summed E-state index contributed by atoms with van der Waals surface area (Å²) in [5, 5.41) is 0. The minimum absolute atomic E-state index is 0.0869. The average Bonchev–Trinajstić information content (AvgIpc) is 2.12. The lowest BCUT2D eigenvalue weighted by Gasteiger charge is -2.24. The van der Waals surface area contributed by atoms with Crippen LogP contribution in [0.2, 0.25) is 0 Å². The van der Waals surface area contributed by atoms with Gasteiger partial charge in [-0.1, -0.05) is 0 Å². The molecule has 100 valence electrons. The van der Waals surface area contributed by atoms with E-state index < -0.39 is 23.3 Å². The maximum Gasteiger partial charge on any atom is 0.410 e. The van der Waals surface area contributed by atoms with Crippen molar-refractivity contribution in [2.45, 2.75) is 32.9 Å². The molecule has 0 atom stereocenters. The largest absolute Gasteiger partial charge is 0.444 e. The van der Waals surface area contributed by atoms with Crippen molar-refractivity contribution in [3.8, 4) is 0 Å². The molecule has 0 aliphatic heterocycles. The molecule has 0 aliphatic rings. The molecule has 1 aromatic carbocycles. The van der Waals surface area contributed by atoms with E-state index in [0.29, 0.717) is 5.56 Å². The van der Waals surface area contributed by atoms with Crippen molar-refractivity contribution in [2.75, 3.05) is 7.05 Å². The zero-order valence-corrected chi connectivity index (χ0v) is 11.0. The van der Waals surface area contributed by atoms with Gasteiger partial charge in [-0.3, -0.25) is 0 Å². The normalized spacial score (nSPS) is 11.2. The maximum atomic E-state index is 13.0. The maximum absolute atomic E-state index is 13.0. The highest BCUT2D eigenvalue weighted by atomic mass is 19.1. The molecule has 1 rings (SSSR count). The standard InChI is InChI=1S/C13H17F2NO2/c1-13(2,3)18-12(17)16(4)8-9-5-10(14)7-11(15)6-9/h5-7H,8H2,1-4H3. The monoisotopic (exact) mass is 257 g/mol. The SMILES string of the molecule is CN(Cc1cc(F)cc(F)c1)C(=O)OC(C)(C)C. The number of amides is 1. The van der Waals surface area contributed by atoms with Gasteiger partial charge in [0.25, 0.3) is 0 Å². The van der Waals surface area contributed by atoms with Gasteiger partial charge in [0.15, 0.2) is 0 Å². The Balaban J connectivity index is 2.69. The second-order valence-electron chi connectivity index (χ2n) is 5.11. The summed E-state index contributed by atoms with van der Waals surface area (Å²) in [6.45, 7) is 5.34. The van der Waals surface area contributed by atoms with Crippen LogP contribution in [0.5, 0.6) is 0 Å². The Kier molecular flexibility index (Phi) is 4.27. The quantitative estimate of drug-likeness (QED) is 0.813. The molecule has 0 aliphatic carbocycles. The number of halogens is 2. The summed E-state index contributed by atoms with van der Waals surface area (Å²) in [7, 11) is 1.51. The van der Waals surface area contributed by atoms with Gasteiger partial charge in [-0.25, -0.2) is 13.6 Å². The highest BCUT2D eigenvalue weighted by Crippen LogP contribution is 2.13. The Morgan fingerprint density at radius 2 is 1.72 bits per heavy atom. The van der Waals surface area contributed by atoms with Crippen LogP contribution in [0.4, 0.5) is 13.6 Å². The molecule has 0 unspecified atom stereocenters. The molecule has 3 nitrogen and oxygen atoms in total. The van der Waals surface area contributed by atoms with Crippen molar-refractivity contribution < 1.29 is 18.3 Å². The highest BCUT2D eigenvalue weighted by Gasteiger charge is 2.19. The van der Waals surface area contributed by atoms with E-state index in [1.807, 2.05) is 0 Å². The second-order valence-corrected chi connectivity index (χ2v) is 5.11. The summed E-state index contributed by atoms with van der Waals surface area (Å²) in [5.41, 5.74) is -0.223. The number of carbonyl (C=O) groups is 1. The Morgan fingerprint density at radius 1 is 1.22 bits per heavy atom. The van der Waals surface area contributed by atoms with Crippen molar-refractivity contribution >= 4 is 6.09 Å². The number of nitrogens with zero attached hydrogens (tertiary/aromatic N) is 1. The first kappa shape index (κ1) is 14.4. The third kappa shape index (κ3) is 4.69. The number of carbonyl (C=O) groups excluding carboxylic acids is 1. The first-order valence-corrected chi connectivity index (χ1v) is 5.56. The van der Waals surface area contributed by atoms with Gasteiger partial charge in [0, 0.05) is 19.7 Å². The number of hydrogen-bond donors (Lipinski definition) is 0. The molecule has 0 bridgehead atoms. The van der Waals surface area contributed by atoms with E-state index in [4.69, 9.17) is 4.74 Å². The molecule has 0 radical (unpaired) electrons. The predicted molar refractivity (Wildman–Crippen MR) is 64.1 cm³/mol. The third-order valence-corrected chi connectivity index (χ3v) is 2.05. The van der Waals surface area contributed by atoms with Crippen molar-refractivity contribution in [3.63, 3.8) is 0 Å². The minimum atomic E-state index is -0.664. The fraction of sp³-hybridized carbons (Fsp3) is 0.462. The van der Waals surface area contributed by atoms with Crippen molar-refractivity contribution in [3.05, 3.63) is 35.4 Å². The first-order valence-electron chi connectivity index (χ1n) is 5.56. The Hall–Kier alpha value is -1.65. The van der Waals surface area contributed by atoms with E-state index >= 15 is 0 Å². The predicted octanol–water partition coefficient (Wildman–Crippen LogP) is 3.33. The molecular weight excluding hydrogens is 240 g/mol. The zero-order valence-electron chi connectivity index (χ0n) is 11.0. The summed E-state index contributed by atoms with van der Waals surface area (Å²) in [6, 6.07) is 3.16. The van der Waals surface area contributed by atoms with Crippen LogP contribution in [0.25, 0.3) is 0 Å². The summed E-state index contributed by atoms with van der Waals surface area (Å²) in [5.74, 6) is -1.33. The van der Waals surface area contributed by atoms with Crippen LogP contribution in [0, 0.1) is 11.6 Å². The van der Waals surface area contributed by atoms with Crippen LogP contribution in [0.3, 0.4) is 0 Å². The lowest BCUT2D eigenvalue weighted by molar-refractivity contribution is 0.0284. The third-order valence-electron chi connectivity index (χ3n) is 2.05. The van der Waals surface area contributed by atoms with E-state index in [1.165, 1.54) is 24.1 Å². The van der Waals surface area contributed by atoms with Crippen molar-refractivity contribution in [2.24, 2.45) is 0 Å². The van der Waals surface area contributed by atoms with Crippen LogP contribution >= 0.6 is 0 Å². The molecule has 0 spiro atoms. The molecule has 0 heterocycles. The first-order chi connectivity index (χ1) is 8.17. The number of benzene rings is 1. The minimum Gasteiger partial charge on any atom is -0.444 e. The highest BCUT2D eigenvalue weighted by molar-refractivity contribution is 5.67. The molecule has 18 heavy (non-hydrogen) atoms. The summed E-state index contributed by atoms with van der Waals surface area (Å²) >= 11 is 0. The van der Waals surface area contributed by atoms with Gasteiger partial charge in [0.05, 0.1) is 0 Å². The molecule has 0 fully saturated rings. The van der Waals surface area contributed by atoms with Crippen molar-refractivity contribution in [1.82, 2.24) is 4.90 Å². The van der Waals surface area contributed by atoms with Gasteiger partial charge in [-0.05, 0) is 38.5 Å². The Bertz CT molecular complexity index is 421. The smallest absolute Gasteiger partial charge is 0.410 e. The summed E-state index contributed by atoms with van der Waals surface area (Å²) in [6.07, 6.45) is -0.535. The van der Waals surface area contributed by atoms with Gasteiger partial charge < -0.3 is 9.64 Å². The topological polar surface area (TPSA) is 29.5 Å². The molecular formula is C13H17F2NO2. The van der Waals surface area contributed by atoms with Crippen LogP contribution in [-0.4, -0.2) is 23.6 Å². The summed E-state index contributed by atoms with van der Waals surface area (Å²) in [4.78, 5) is 12.9. The van der Waals surface area contributed by atoms with Gasteiger partial charge >= 0.3 is 6.09 Å². The number of ether oxygens (including phenoxy) is 1. The second kappa shape index (κ2) is 5.33.